The summed E-state index contributed by atoms with van der Waals surface area (Å²) in [5, 5.41) is 0. The van der Waals surface area contributed by atoms with Gasteiger partial charge in [0.25, 0.3) is 0 Å². The van der Waals surface area contributed by atoms with Gasteiger partial charge < -0.3 is 5.73 Å². The van der Waals surface area contributed by atoms with Gasteiger partial charge in [-0.1, -0.05) is 26.2 Å². The highest BCUT2D eigenvalue weighted by molar-refractivity contribution is 4.88. The van der Waals surface area contributed by atoms with Gasteiger partial charge in [-0.3, -0.25) is 4.90 Å². The van der Waals surface area contributed by atoms with E-state index in [1.807, 2.05) is 0 Å². The molecule has 2 rings (SSSR count). The van der Waals surface area contributed by atoms with Gasteiger partial charge in [0, 0.05) is 12.6 Å². The highest BCUT2D eigenvalue weighted by Gasteiger charge is 2.33. The Balaban J connectivity index is 1.94. The third kappa shape index (κ3) is 1.96. The first kappa shape index (κ1) is 10.4. The van der Waals surface area contributed by atoms with Crippen LogP contribution < -0.4 is 5.73 Å². The second-order valence-corrected chi connectivity index (χ2v) is 5.12. The van der Waals surface area contributed by atoms with Crippen molar-refractivity contribution in [2.75, 3.05) is 19.6 Å². The van der Waals surface area contributed by atoms with Gasteiger partial charge in [-0.2, -0.15) is 0 Å². The molecule has 2 aliphatic rings. The molecule has 1 aliphatic heterocycles. The average molecular weight is 196 g/mol. The molecule has 2 nitrogen and oxygen atoms in total. The summed E-state index contributed by atoms with van der Waals surface area (Å²) >= 11 is 0. The van der Waals surface area contributed by atoms with Crippen LogP contribution in [0.5, 0.6) is 0 Å². The first-order valence-electron chi connectivity index (χ1n) is 6.27. The van der Waals surface area contributed by atoms with E-state index in [0.717, 1.165) is 18.4 Å². The first-order chi connectivity index (χ1) is 6.83. The van der Waals surface area contributed by atoms with Crippen molar-refractivity contribution in [3.8, 4) is 0 Å². The van der Waals surface area contributed by atoms with Crippen LogP contribution in [0, 0.1) is 11.8 Å². The van der Waals surface area contributed by atoms with E-state index in [0.29, 0.717) is 6.04 Å². The molecule has 0 aromatic carbocycles. The molecule has 14 heavy (non-hydrogen) atoms. The SMILES string of the molecule is CC1CCCCC1C(CN)N1CCC1. The second kappa shape index (κ2) is 4.63. The summed E-state index contributed by atoms with van der Waals surface area (Å²) in [7, 11) is 0. The van der Waals surface area contributed by atoms with E-state index in [9.17, 15) is 0 Å². The van der Waals surface area contributed by atoms with E-state index in [-0.39, 0.29) is 0 Å². The van der Waals surface area contributed by atoms with Crippen LogP contribution in [0.4, 0.5) is 0 Å². The largest absolute Gasteiger partial charge is 0.329 e. The van der Waals surface area contributed by atoms with Crippen LogP contribution in [0.3, 0.4) is 0 Å². The van der Waals surface area contributed by atoms with Crippen LogP contribution in [0.25, 0.3) is 0 Å². The molecule has 1 saturated carbocycles. The van der Waals surface area contributed by atoms with Gasteiger partial charge in [-0.25, -0.2) is 0 Å². The highest BCUT2D eigenvalue weighted by Crippen LogP contribution is 2.34. The number of hydrogen-bond donors (Lipinski definition) is 1. The molecule has 1 aliphatic carbocycles. The number of likely N-dealkylation sites (tertiary alicyclic amines) is 1. The summed E-state index contributed by atoms with van der Waals surface area (Å²) in [4.78, 5) is 2.60. The second-order valence-electron chi connectivity index (χ2n) is 5.12. The Morgan fingerprint density at radius 3 is 2.43 bits per heavy atom. The minimum atomic E-state index is 0.694. The maximum Gasteiger partial charge on any atom is 0.0249 e. The Bertz CT molecular complexity index is 175. The number of rotatable bonds is 3. The summed E-state index contributed by atoms with van der Waals surface area (Å²) in [6.45, 7) is 5.89. The Morgan fingerprint density at radius 1 is 1.21 bits per heavy atom. The standard InChI is InChI=1S/C12H24N2/c1-10-5-2-3-6-11(10)12(9-13)14-7-4-8-14/h10-12H,2-9,13H2,1H3. The molecule has 3 unspecified atom stereocenters. The van der Waals surface area contributed by atoms with E-state index >= 15 is 0 Å². The molecule has 2 N–H and O–H groups in total. The monoisotopic (exact) mass is 196 g/mol. The van der Waals surface area contributed by atoms with Gasteiger partial charge >= 0.3 is 0 Å². The van der Waals surface area contributed by atoms with Gasteiger partial charge in [-0.05, 0) is 37.8 Å². The Labute approximate surface area is 87.8 Å². The van der Waals surface area contributed by atoms with E-state index < -0.39 is 0 Å². The number of nitrogens with two attached hydrogens (primary N) is 1. The van der Waals surface area contributed by atoms with Crippen molar-refractivity contribution in [3.05, 3.63) is 0 Å². The molecular weight excluding hydrogens is 172 g/mol. The van der Waals surface area contributed by atoms with Crippen LogP contribution >= 0.6 is 0 Å². The first-order valence-corrected chi connectivity index (χ1v) is 6.27. The molecule has 0 spiro atoms. The zero-order valence-corrected chi connectivity index (χ0v) is 9.41. The van der Waals surface area contributed by atoms with Crippen molar-refractivity contribution in [1.82, 2.24) is 4.90 Å². The van der Waals surface area contributed by atoms with Crippen molar-refractivity contribution in [2.45, 2.75) is 45.1 Å². The molecule has 3 atom stereocenters. The average Bonchev–Trinajstić information content (AvgIpc) is 2.12. The predicted octanol–water partition coefficient (Wildman–Crippen LogP) is 1.85. The quantitative estimate of drug-likeness (QED) is 0.746. The summed E-state index contributed by atoms with van der Waals surface area (Å²) < 4.78 is 0. The molecule has 82 valence electrons. The fourth-order valence-electron chi connectivity index (χ4n) is 3.18. The van der Waals surface area contributed by atoms with Gasteiger partial charge in [0.15, 0.2) is 0 Å². The molecular formula is C12H24N2. The topological polar surface area (TPSA) is 29.3 Å². The van der Waals surface area contributed by atoms with Gasteiger partial charge in [0.1, 0.15) is 0 Å². The predicted molar refractivity (Wildman–Crippen MR) is 60.2 cm³/mol. The molecule has 1 heterocycles. The summed E-state index contributed by atoms with van der Waals surface area (Å²) in [6, 6.07) is 0.694. The minimum Gasteiger partial charge on any atom is -0.329 e. The fourth-order valence-corrected chi connectivity index (χ4v) is 3.18. The maximum atomic E-state index is 5.93. The third-order valence-electron chi connectivity index (χ3n) is 4.27. The van der Waals surface area contributed by atoms with Crippen LogP contribution in [-0.2, 0) is 0 Å². The van der Waals surface area contributed by atoms with Gasteiger partial charge in [0.2, 0.25) is 0 Å². The van der Waals surface area contributed by atoms with Crippen molar-refractivity contribution in [1.29, 1.82) is 0 Å². The van der Waals surface area contributed by atoms with Crippen LogP contribution in [-0.4, -0.2) is 30.6 Å². The lowest BCUT2D eigenvalue weighted by Gasteiger charge is -2.45. The molecule has 0 bridgehead atoms. The van der Waals surface area contributed by atoms with Gasteiger partial charge in [-0.15, -0.1) is 0 Å². The smallest absolute Gasteiger partial charge is 0.0249 e. The third-order valence-corrected chi connectivity index (χ3v) is 4.27. The van der Waals surface area contributed by atoms with Crippen molar-refractivity contribution >= 4 is 0 Å². The van der Waals surface area contributed by atoms with Crippen molar-refractivity contribution < 1.29 is 0 Å². The minimum absolute atomic E-state index is 0.694. The fraction of sp³-hybridized carbons (Fsp3) is 1.00. The highest BCUT2D eigenvalue weighted by atomic mass is 15.2. The zero-order valence-electron chi connectivity index (χ0n) is 9.41. The molecule has 0 aromatic heterocycles. The lowest BCUT2D eigenvalue weighted by atomic mass is 9.75. The molecule has 2 heteroatoms. The number of nitrogens with zero attached hydrogens (tertiary/aromatic N) is 1. The lowest BCUT2D eigenvalue weighted by Crippen LogP contribution is -2.53. The molecule has 0 radical (unpaired) electrons. The van der Waals surface area contributed by atoms with E-state index in [4.69, 9.17) is 5.73 Å². The van der Waals surface area contributed by atoms with Crippen molar-refractivity contribution in [3.63, 3.8) is 0 Å². The molecule has 0 amide bonds. The molecule has 0 aromatic rings. The van der Waals surface area contributed by atoms with E-state index in [1.54, 1.807) is 0 Å². The van der Waals surface area contributed by atoms with Crippen LogP contribution in [0.1, 0.15) is 39.0 Å². The summed E-state index contributed by atoms with van der Waals surface area (Å²) in [5.74, 6) is 1.78. The maximum absolute atomic E-state index is 5.93. The van der Waals surface area contributed by atoms with Crippen molar-refractivity contribution in [2.24, 2.45) is 17.6 Å². The molecule has 1 saturated heterocycles. The Morgan fingerprint density at radius 2 is 1.93 bits per heavy atom. The Hall–Kier alpha value is -0.0800. The van der Waals surface area contributed by atoms with E-state index in [1.165, 1.54) is 45.2 Å². The summed E-state index contributed by atoms with van der Waals surface area (Å²) in [5.41, 5.74) is 5.93. The van der Waals surface area contributed by atoms with E-state index in [2.05, 4.69) is 11.8 Å². The van der Waals surface area contributed by atoms with Crippen LogP contribution in [0.15, 0.2) is 0 Å². The summed E-state index contributed by atoms with van der Waals surface area (Å²) in [6.07, 6.45) is 7.10. The zero-order chi connectivity index (χ0) is 9.97. The number of hydrogen-bond acceptors (Lipinski definition) is 2. The van der Waals surface area contributed by atoms with Gasteiger partial charge in [0.05, 0.1) is 0 Å². The normalized spacial score (nSPS) is 36.4. The van der Waals surface area contributed by atoms with Crippen LogP contribution in [0.2, 0.25) is 0 Å². The lowest BCUT2D eigenvalue weighted by molar-refractivity contribution is 0.0459. The molecule has 2 fully saturated rings. The Kier molecular flexibility index (Phi) is 3.45.